The maximum Gasteiger partial charge on any atom is 0.355 e. The fourth-order valence-corrected chi connectivity index (χ4v) is 3.01. The standard InChI is InChI=1S/C16H20BrNO3/c1-4-21-16(20)15-12(9(2)7-8-19)11-6-5-10(3)13(17)14(11)18-15/h5-6,9,18-19H,4,7-8H2,1-3H3/t9-/m1/s1. The van der Waals surface area contributed by atoms with Crippen LogP contribution >= 0.6 is 15.9 Å². The Morgan fingerprint density at radius 2 is 2.19 bits per heavy atom. The Kier molecular flexibility index (Phi) is 5.06. The van der Waals surface area contributed by atoms with Gasteiger partial charge in [0, 0.05) is 16.5 Å². The molecule has 0 saturated carbocycles. The summed E-state index contributed by atoms with van der Waals surface area (Å²) >= 11 is 3.57. The number of aromatic nitrogens is 1. The third kappa shape index (κ3) is 2.99. The number of carbonyl (C=O) groups excluding carboxylic acids is 1. The lowest BCUT2D eigenvalue weighted by Gasteiger charge is -2.11. The number of hydrogen-bond acceptors (Lipinski definition) is 3. The lowest BCUT2D eigenvalue weighted by atomic mass is 9.94. The van der Waals surface area contributed by atoms with Crippen LogP contribution in [-0.4, -0.2) is 29.3 Å². The van der Waals surface area contributed by atoms with E-state index in [-0.39, 0.29) is 18.5 Å². The Morgan fingerprint density at radius 3 is 2.81 bits per heavy atom. The van der Waals surface area contributed by atoms with Crippen molar-refractivity contribution in [3.05, 3.63) is 33.4 Å². The van der Waals surface area contributed by atoms with Gasteiger partial charge in [-0.2, -0.15) is 0 Å². The molecule has 4 nitrogen and oxygen atoms in total. The SMILES string of the molecule is CCOC(=O)c1[nH]c2c(Br)c(C)ccc2c1[C@H](C)CCO. The molecule has 2 rings (SSSR count). The Morgan fingerprint density at radius 1 is 1.48 bits per heavy atom. The molecule has 1 aromatic carbocycles. The summed E-state index contributed by atoms with van der Waals surface area (Å²) < 4.78 is 6.10. The van der Waals surface area contributed by atoms with Crippen LogP contribution in [0.2, 0.25) is 0 Å². The molecule has 0 aliphatic heterocycles. The van der Waals surface area contributed by atoms with Crippen LogP contribution in [0.5, 0.6) is 0 Å². The van der Waals surface area contributed by atoms with Gasteiger partial charge in [0.25, 0.3) is 0 Å². The average Bonchev–Trinajstić information content (AvgIpc) is 2.84. The van der Waals surface area contributed by atoms with E-state index >= 15 is 0 Å². The Bertz CT molecular complexity index is 663. The Labute approximate surface area is 132 Å². The smallest absolute Gasteiger partial charge is 0.355 e. The summed E-state index contributed by atoms with van der Waals surface area (Å²) in [5.74, 6) is -0.282. The second-order valence-electron chi connectivity index (χ2n) is 5.17. The van der Waals surface area contributed by atoms with E-state index in [1.807, 2.05) is 26.0 Å². The molecular formula is C16H20BrNO3. The first kappa shape index (κ1) is 16.0. The number of carbonyl (C=O) groups is 1. The number of aryl methyl sites for hydroxylation is 1. The fraction of sp³-hybridized carbons (Fsp3) is 0.438. The minimum atomic E-state index is -0.349. The molecule has 0 bridgehead atoms. The molecule has 0 saturated heterocycles. The number of esters is 1. The number of halogens is 1. The number of ether oxygens (including phenoxy) is 1. The molecule has 2 N–H and O–H groups in total. The molecular weight excluding hydrogens is 334 g/mol. The van der Waals surface area contributed by atoms with Crippen LogP contribution in [0.4, 0.5) is 0 Å². The van der Waals surface area contributed by atoms with E-state index in [0.717, 1.165) is 26.5 Å². The molecule has 0 aliphatic carbocycles. The van der Waals surface area contributed by atoms with Crippen molar-refractivity contribution in [3.8, 4) is 0 Å². The highest BCUT2D eigenvalue weighted by molar-refractivity contribution is 9.10. The summed E-state index contributed by atoms with van der Waals surface area (Å²) in [5.41, 5.74) is 3.40. The van der Waals surface area contributed by atoms with Crippen LogP contribution in [-0.2, 0) is 4.74 Å². The van der Waals surface area contributed by atoms with Crippen molar-refractivity contribution in [2.75, 3.05) is 13.2 Å². The first-order valence-corrected chi connectivity index (χ1v) is 7.89. The molecule has 0 amide bonds. The first-order chi connectivity index (χ1) is 10.0. The van der Waals surface area contributed by atoms with E-state index in [1.54, 1.807) is 6.92 Å². The number of aliphatic hydroxyl groups excluding tert-OH is 1. The lowest BCUT2D eigenvalue weighted by molar-refractivity contribution is 0.0518. The molecule has 21 heavy (non-hydrogen) atoms. The summed E-state index contributed by atoms with van der Waals surface area (Å²) in [6, 6.07) is 4.03. The molecule has 1 atom stereocenters. The van der Waals surface area contributed by atoms with Gasteiger partial charge in [-0.1, -0.05) is 19.1 Å². The summed E-state index contributed by atoms with van der Waals surface area (Å²) in [6.45, 7) is 6.23. The number of aliphatic hydroxyl groups is 1. The second-order valence-corrected chi connectivity index (χ2v) is 5.96. The normalized spacial score (nSPS) is 12.6. The maximum absolute atomic E-state index is 12.2. The number of hydrogen-bond donors (Lipinski definition) is 2. The van der Waals surface area contributed by atoms with Gasteiger partial charge < -0.3 is 14.8 Å². The first-order valence-electron chi connectivity index (χ1n) is 7.09. The Hall–Kier alpha value is -1.33. The van der Waals surface area contributed by atoms with Crippen molar-refractivity contribution in [1.29, 1.82) is 0 Å². The number of H-pyrrole nitrogens is 1. The third-order valence-corrected chi connectivity index (χ3v) is 4.70. The molecule has 0 aliphatic rings. The second kappa shape index (κ2) is 6.62. The van der Waals surface area contributed by atoms with Gasteiger partial charge in [0.05, 0.1) is 12.1 Å². The van der Waals surface area contributed by atoms with Gasteiger partial charge in [-0.15, -0.1) is 0 Å². The maximum atomic E-state index is 12.2. The van der Waals surface area contributed by atoms with Gasteiger partial charge in [0.2, 0.25) is 0 Å². The largest absolute Gasteiger partial charge is 0.461 e. The summed E-state index contributed by atoms with van der Waals surface area (Å²) in [7, 11) is 0. The lowest BCUT2D eigenvalue weighted by Crippen LogP contribution is -2.10. The zero-order valence-electron chi connectivity index (χ0n) is 12.5. The van der Waals surface area contributed by atoms with Crippen molar-refractivity contribution in [2.45, 2.75) is 33.1 Å². The van der Waals surface area contributed by atoms with E-state index in [4.69, 9.17) is 4.74 Å². The monoisotopic (exact) mass is 353 g/mol. The number of fused-ring (bicyclic) bond motifs is 1. The highest BCUT2D eigenvalue weighted by Gasteiger charge is 2.24. The Balaban J connectivity index is 2.67. The van der Waals surface area contributed by atoms with Gasteiger partial charge in [0.15, 0.2) is 0 Å². The topological polar surface area (TPSA) is 62.3 Å². The van der Waals surface area contributed by atoms with Crippen molar-refractivity contribution < 1.29 is 14.6 Å². The molecule has 5 heteroatoms. The molecule has 0 radical (unpaired) electrons. The van der Waals surface area contributed by atoms with Crippen LogP contribution < -0.4 is 0 Å². The molecule has 114 valence electrons. The van der Waals surface area contributed by atoms with Gasteiger partial charge in [-0.05, 0) is 53.2 Å². The quantitative estimate of drug-likeness (QED) is 0.801. The predicted molar refractivity (Wildman–Crippen MR) is 86.8 cm³/mol. The van der Waals surface area contributed by atoms with E-state index in [2.05, 4.69) is 20.9 Å². The van der Waals surface area contributed by atoms with Crippen molar-refractivity contribution in [3.63, 3.8) is 0 Å². The van der Waals surface area contributed by atoms with E-state index in [9.17, 15) is 9.90 Å². The van der Waals surface area contributed by atoms with Gasteiger partial charge >= 0.3 is 5.97 Å². The molecule has 0 spiro atoms. The number of benzene rings is 1. The summed E-state index contributed by atoms with van der Waals surface area (Å²) in [4.78, 5) is 15.4. The minimum Gasteiger partial charge on any atom is -0.461 e. The molecule has 0 fully saturated rings. The highest BCUT2D eigenvalue weighted by atomic mass is 79.9. The summed E-state index contributed by atoms with van der Waals surface area (Å²) in [6.07, 6.45) is 0.602. The van der Waals surface area contributed by atoms with E-state index in [0.29, 0.717) is 18.7 Å². The van der Waals surface area contributed by atoms with Crippen LogP contribution in [0.1, 0.15) is 47.8 Å². The predicted octanol–water partition coefficient (Wildman–Crippen LogP) is 3.90. The fourth-order valence-electron chi connectivity index (χ4n) is 2.57. The van der Waals surface area contributed by atoms with E-state index < -0.39 is 0 Å². The molecule has 1 aromatic heterocycles. The molecule has 2 aromatic rings. The van der Waals surface area contributed by atoms with Gasteiger partial charge in [0.1, 0.15) is 5.69 Å². The zero-order chi connectivity index (χ0) is 15.6. The highest BCUT2D eigenvalue weighted by Crippen LogP contribution is 2.36. The molecule has 1 heterocycles. The van der Waals surface area contributed by atoms with Crippen LogP contribution in [0.15, 0.2) is 16.6 Å². The number of nitrogens with one attached hydrogen (secondary N) is 1. The van der Waals surface area contributed by atoms with Crippen molar-refractivity contribution >= 4 is 32.8 Å². The average molecular weight is 354 g/mol. The van der Waals surface area contributed by atoms with Gasteiger partial charge in [-0.3, -0.25) is 0 Å². The summed E-state index contributed by atoms with van der Waals surface area (Å²) in [5, 5.41) is 10.2. The van der Waals surface area contributed by atoms with Crippen LogP contribution in [0, 0.1) is 6.92 Å². The van der Waals surface area contributed by atoms with Crippen molar-refractivity contribution in [1.82, 2.24) is 4.98 Å². The van der Waals surface area contributed by atoms with Crippen LogP contribution in [0.25, 0.3) is 10.9 Å². The molecule has 0 unspecified atom stereocenters. The number of aromatic amines is 1. The van der Waals surface area contributed by atoms with Gasteiger partial charge in [-0.25, -0.2) is 4.79 Å². The van der Waals surface area contributed by atoms with E-state index in [1.165, 1.54) is 0 Å². The minimum absolute atomic E-state index is 0.0674. The van der Waals surface area contributed by atoms with Crippen LogP contribution in [0.3, 0.4) is 0 Å². The third-order valence-electron chi connectivity index (χ3n) is 3.68. The zero-order valence-corrected chi connectivity index (χ0v) is 14.1. The van der Waals surface area contributed by atoms with Crippen molar-refractivity contribution in [2.24, 2.45) is 0 Å². The number of rotatable bonds is 5.